The Morgan fingerprint density at radius 2 is 2.10 bits per heavy atom. The summed E-state index contributed by atoms with van der Waals surface area (Å²) in [7, 11) is 1.00. The van der Waals surface area contributed by atoms with Crippen molar-refractivity contribution in [2.24, 2.45) is 4.99 Å². The number of aryl methyl sites for hydroxylation is 1. The Morgan fingerprint density at radius 1 is 1.35 bits per heavy atom. The monoisotopic (exact) mass is 432 g/mol. The summed E-state index contributed by atoms with van der Waals surface area (Å²) in [5, 5.41) is 28.9. The van der Waals surface area contributed by atoms with Gasteiger partial charge in [0.2, 0.25) is 0 Å². The van der Waals surface area contributed by atoms with Crippen molar-refractivity contribution < 1.29 is 24.4 Å². The minimum atomic E-state index is -0.819. The van der Waals surface area contributed by atoms with Crippen LogP contribution < -0.4 is 10.6 Å². The van der Waals surface area contributed by atoms with E-state index in [2.05, 4.69) is 18.5 Å². The van der Waals surface area contributed by atoms with Crippen LogP contribution in [0.2, 0.25) is 0 Å². The number of halogens is 1. The van der Waals surface area contributed by atoms with Crippen molar-refractivity contribution in [3.8, 4) is 0 Å². The van der Waals surface area contributed by atoms with Crippen LogP contribution in [0.25, 0.3) is 12.3 Å². The number of aliphatic hydroxyl groups is 3. The molecule has 31 heavy (non-hydrogen) atoms. The Morgan fingerprint density at radius 3 is 2.74 bits per heavy atom. The number of ether oxygens (including phenoxy) is 1. The van der Waals surface area contributed by atoms with Gasteiger partial charge in [-0.2, -0.15) is 0 Å². The number of rotatable bonds is 7. The summed E-state index contributed by atoms with van der Waals surface area (Å²) >= 11 is 0. The van der Waals surface area contributed by atoms with Crippen molar-refractivity contribution in [2.75, 3.05) is 13.7 Å². The molecule has 0 amide bonds. The van der Waals surface area contributed by atoms with Gasteiger partial charge in [0.05, 0.1) is 18.4 Å². The number of aliphatic imine (C=N–C) groups is 1. The molecule has 0 spiro atoms. The molecule has 3 atom stereocenters. The summed E-state index contributed by atoms with van der Waals surface area (Å²) < 4.78 is 21.5. The van der Waals surface area contributed by atoms with Crippen LogP contribution in [0.1, 0.15) is 56.1 Å². The predicted molar refractivity (Wildman–Crippen MR) is 120 cm³/mol. The van der Waals surface area contributed by atoms with Gasteiger partial charge in [0.15, 0.2) is 0 Å². The van der Waals surface area contributed by atoms with Crippen LogP contribution in [-0.4, -0.2) is 45.9 Å². The Bertz CT molecular complexity index is 986. The smallest absolute Gasteiger partial charge is 0.134 e. The van der Waals surface area contributed by atoms with E-state index in [-0.39, 0.29) is 24.8 Å². The fourth-order valence-corrected chi connectivity index (χ4v) is 3.66. The van der Waals surface area contributed by atoms with Gasteiger partial charge in [-0.25, -0.2) is 4.39 Å². The number of hydrogen-bond acceptors (Lipinski definition) is 5. The maximum Gasteiger partial charge on any atom is 0.134 e. The molecule has 170 valence electrons. The zero-order valence-electron chi connectivity index (χ0n) is 18.5. The van der Waals surface area contributed by atoms with Crippen molar-refractivity contribution in [2.45, 2.75) is 58.0 Å². The number of nitrogens with zero attached hydrogens (tertiary/aromatic N) is 2. The lowest BCUT2D eigenvalue weighted by Crippen LogP contribution is -2.32. The quantitative estimate of drug-likeness (QED) is 0.586. The Hall–Kier alpha value is -2.32. The molecule has 0 aliphatic carbocycles. The minimum Gasteiger partial charge on any atom is -0.400 e. The molecule has 1 aromatic carbocycles. The summed E-state index contributed by atoms with van der Waals surface area (Å²) in [6, 6.07) is 6.51. The van der Waals surface area contributed by atoms with Crippen LogP contribution in [0.3, 0.4) is 0 Å². The zero-order valence-corrected chi connectivity index (χ0v) is 18.5. The molecule has 6 nitrogen and oxygen atoms in total. The summed E-state index contributed by atoms with van der Waals surface area (Å²) in [6.07, 6.45) is 5.50. The van der Waals surface area contributed by atoms with E-state index in [1.54, 1.807) is 19.1 Å². The molecule has 0 bridgehead atoms. The van der Waals surface area contributed by atoms with E-state index in [0.29, 0.717) is 23.2 Å². The number of aromatic nitrogens is 1. The summed E-state index contributed by atoms with van der Waals surface area (Å²) in [6.45, 7) is 7.73. The highest BCUT2D eigenvalue weighted by atomic mass is 19.1. The van der Waals surface area contributed by atoms with Crippen LogP contribution in [0.15, 0.2) is 35.5 Å². The van der Waals surface area contributed by atoms with E-state index >= 15 is 0 Å². The molecule has 3 N–H and O–H groups in total. The molecule has 0 saturated carbocycles. The first-order chi connectivity index (χ1) is 15.0. The van der Waals surface area contributed by atoms with E-state index in [9.17, 15) is 14.6 Å². The van der Waals surface area contributed by atoms with Gasteiger partial charge >= 0.3 is 0 Å². The molecule has 7 heteroatoms. The van der Waals surface area contributed by atoms with Gasteiger partial charge in [0.1, 0.15) is 18.1 Å². The molecule has 2 aromatic rings. The molecule has 3 unspecified atom stereocenters. The molecular weight excluding hydrogens is 399 g/mol. The number of hydrogen-bond donors (Lipinski definition) is 3. The highest BCUT2D eigenvalue weighted by Gasteiger charge is 2.32. The van der Waals surface area contributed by atoms with E-state index in [0.717, 1.165) is 36.9 Å². The second-order valence-electron chi connectivity index (χ2n) is 7.45. The fraction of sp³-hybridized carbons (Fsp3) is 0.458. The molecule has 1 saturated heterocycles. The largest absolute Gasteiger partial charge is 0.400 e. The lowest BCUT2D eigenvalue weighted by Gasteiger charge is -2.21. The molecule has 1 aliphatic heterocycles. The minimum absolute atomic E-state index is 0.163. The molecule has 2 heterocycles. The predicted octanol–water partition coefficient (Wildman–Crippen LogP) is 2.34. The van der Waals surface area contributed by atoms with E-state index in [4.69, 9.17) is 9.84 Å². The van der Waals surface area contributed by atoms with Gasteiger partial charge in [-0.3, -0.25) is 4.99 Å². The van der Waals surface area contributed by atoms with Crippen LogP contribution >= 0.6 is 0 Å². The first-order valence-corrected chi connectivity index (χ1v) is 10.5. The van der Waals surface area contributed by atoms with E-state index in [1.807, 2.05) is 23.0 Å². The van der Waals surface area contributed by atoms with Crippen molar-refractivity contribution in [1.29, 1.82) is 0 Å². The van der Waals surface area contributed by atoms with E-state index in [1.165, 1.54) is 6.07 Å². The first kappa shape index (κ1) is 24.9. The molecule has 1 aromatic heterocycles. The highest BCUT2D eigenvalue weighted by molar-refractivity contribution is 5.65. The van der Waals surface area contributed by atoms with Crippen LogP contribution in [0.5, 0.6) is 0 Å². The molecule has 0 radical (unpaired) electrons. The molecule has 1 aliphatic rings. The first-order valence-electron chi connectivity index (χ1n) is 10.5. The third-order valence-electron chi connectivity index (χ3n) is 5.37. The number of aliphatic hydroxyl groups excluding tert-OH is 3. The SMILES string of the molecule is C=c1/c(=C(/CO)N=CCCC)ccn1C1CCC(C(O)c2ccc(F)c(C)c2)O1.CO. The van der Waals surface area contributed by atoms with Crippen molar-refractivity contribution in [1.82, 2.24) is 4.57 Å². The normalized spacial score (nSPS) is 20.5. The van der Waals surface area contributed by atoms with Crippen molar-refractivity contribution in [3.63, 3.8) is 0 Å². The number of benzene rings is 1. The van der Waals surface area contributed by atoms with Gasteiger partial charge in [0, 0.05) is 30.1 Å². The van der Waals surface area contributed by atoms with Gasteiger partial charge in [-0.1, -0.05) is 32.1 Å². The highest BCUT2D eigenvalue weighted by Crippen LogP contribution is 2.34. The van der Waals surface area contributed by atoms with Gasteiger partial charge in [0.25, 0.3) is 0 Å². The molecule has 1 fully saturated rings. The summed E-state index contributed by atoms with van der Waals surface area (Å²) in [4.78, 5) is 4.38. The zero-order chi connectivity index (χ0) is 23.0. The maximum atomic E-state index is 13.5. The lowest BCUT2D eigenvalue weighted by atomic mass is 10.0. The summed E-state index contributed by atoms with van der Waals surface area (Å²) in [5.41, 5.74) is 1.74. The fourth-order valence-electron chi connectivity index (χ4n) is 3.66. The second kappa shape index (κ2) is 11.9. The standard InChI is InChI=1S/C23H29FN2O3.CH4O/c1-4-5-11-25-20(14-27)18-10-12-26(16(18)3)22-9-8-21(29-22)23(28)17-6-7-19(24)15(2)13-17;1-2/h6-7,10-13,21-23,27-28H,3-5,8-9,14H2,1-2H3;2H,1H3/b20-18-,25-11?;. The van der Waals surface area contributed by atoms with Crippen LogP contribution in [0, 0.1) is 12.7 Å². The Balaban J connectivity index is 0.00000166. The average molecular weight is 433 g/mol. The van der Waals surface area contributed by atoms with Crippen molar-refractivity contribution >= 4 is 18.5 Å². The Kier molecular flexibility index (Phi) is 9.58. The maximum absolute atomic E-state index is 13.5. The van der Waals surface area contributed by atoms with Gasteiger partial charge < -0.3 is 24.6 Å². The van der Waals surface area contributed by atoms with Crippen LogP contribution in [0.4, 0.5) is 4.39 Å². The third kappa shape index (κ3) is 5.89. The lowest BCUT2D eigenvalue weighted by molar-refractivity contribution is -0.0611. The molecule has 3 rings (SSSR count). The number of unbranched alkanes of at least 4 members (excludes halogenated alkanes) is 1. The molecular formula is C24H33FN2O4. The summed E-state index contributed by atoms with van der Waals surface area (Å²) in [5.74, 6) is -0.287. The third-order valence-corrected chi connectivity index (χ3v) is 5.37. The van der Waals surface area contributed by atoms with Gasteiger partial charge in [-0.05, 0) is 49.4 Å². The van der Waals surface area contributed by atoms with Crippen LogP contribution in [-0.2, 0) is 4.74 Å². The van der Waals surface area contributed by atoms with E-state index < -0.39 is 6.10 Å². The topological polar surface area (TPSA) is 87.2 Å². The van der Waals surface area contributed by atoms with Crippen molar-refractivity contribution in [3.05, 3.63) is 58.0 Å². The Labute approximate surface area is 182 Å². The van der Waals surface area contributed by atoms with Gasteiger partial charge in [-0.15, -0.1) is 0 Å². The average Bonchev–Trinajstić information content (AvgIpc) is 3.41. The second-order valence-corrected chi connectivity index (χ2v) is 7.45.